The van der Waals surface area contributed by atoms with Crippen LogP contribution in [0.5, 0.6) is 0 Å². The summed E-state index contributed by atoms with van der Waals surface area (Å²) in [5.41, 5.74) is -0.0452. The number of ether oxygens (including phenoxy) is 2. The van der Waals surface area contributed by atoms with Crippen molar-refractivity contribution in [3.63, 3.8) is 0 Å². The Hall–Kier alpha value is -0.120. The molecule has 1 saturated heterocycles. The Bertz CT molecular complexity index is 462. The molecular weight excluding hydrogens is 491 g/mol. The molecule has 0 bridgehead atoms. The lowest BCUT2D eigenvalue weighted by Gasteiger charge is -2.36. The minimum absolute atomic E-state index is 0. The molecule has 178 valence electrons. The first kappa shape index (κ1) is 27.9. The molecule has 2 rings (SSSR count). The van der Waals surface area contributed by atoms with Crippen LogP contribution in [-0.2, 0) is 9.47 Å². The first-order chi connectivity index (χ1) is 14.1. The van der Waals surface area contributed by atoms with Crippen LogP contribution in [-0.4, -0.2) is 74.5 Å². The van der Waals surface area contributed by atoms with Crippen LogP contribution < -0.4 is 10.6 Å². The fourth-order valence-corrected chi connectivity index (χ4v) is 4.32. The lowest BCUT2D eigenvalue weighted by atomic mass is 9.84. The van der Waals surface area contributed by atoms with E-state index in [9.17, 15) is 0 Å². The second-order valence-electron chi connectivity index (χ2n) is 8.97. The Balaban J connectivity index is 0.00000450. The number of piperidine rings is 1. The largest absolute Gasteiger partial charge is 0.377 e. The SMILES string of the molecule is CCCOC1(CN=C(NCC)NC2CCN(CCOC(C)C)CC2)CCCCC1.I. The van der Waals surface area contributed by atoms with Crippen molar-refractivity contribution in [2.24, 2.45) is 4.99 Å². The highest BCUT2D eigenvalue weighted by molar-refractivity contribution is 14.0. The molecule has 0 aromatic carbocycles. The van der Waals surface area contributed by atoms with Crippen molar-refractivity contribution in [2.45, 2.75) is 96.8 Å². The summed E-state index contributed by atoms with van der Waals surface area (Å²) in [4.78, 5) is 7.49. The summed E-state index contributed by atoms with van der Waals surface area (Å²) in [6.07, 6.45) is 9.86. The number of hydrogen-bond acceptors (Lipinski definition) is 4. The van der Waals surface area contributed by atoms with Gasteiger partial charge in [0, 0.05) is 38.8 Å². The van der Waals surface area contributed by atoms with Crippen molar-refractivity contribution in [3.05, 3.63) is 0 Å². The molecule has 2 fully saturated rings. The zero-order valence-electron chi connectivity index (χ0n) is 19.9. The highest BCUT2D eigenvalue weighted by atomic mass is 127. The summed E-state index contributed by atoms with van der Waals surface area (Å²) >= 11 is 0. The van der Waals surface area contributed by atoms with Gasteiger partial charge in [-0.05, 0) is 52.9 Å². The Morgan fingerprint density at radius 3 is 2.40 bits per heavy atom. The first-order valence-electron chi connectivity index (χ1n) is 12.1. The second-order valence-corrected chi connectivity index (χ2v) is 8.97. The Kier molecular flexibility index (Phi) is 14.6. The van der Waals surface area contributed by atoms with Crippen molar-refractivity contribution in [3.8, 4) is 0 Å². The van der Waals surface area contributed by atoms with E-state index in [4.69, 9.17) is 14.5 Å². The zero-order chi connectivity index (χ0) is 21.0. The van der Waals surface area contributed by atoms with Crippen LogP contribution in [0.1, 0.15) is 79.1 Å². The molecule has 30 heavy (non-hydrogen) atoms. The number of rotatable bonds is 11. The third-order valence-electron chi connectivity index (χ3n) is 6.03. The molecule has 1 aliphatic heterocycles. The van der Waals surface area contributed by atoms with E-state index < -0.39 is 0 Å². The van der Waals surface area contributed by atoms with E-state index in [1.54, 1.807) is 0 Å². The van der Waals surface area contributed by atoms with Gasteiger partial charge in [0.05, 0.1) is 24.9 Å². The molecule has 1 heterocycles. The van der Waals surface area contributed by atoms with Gasteiger partial charge in [-0.25, -0.2) is 0 Å². The molecule has 0 aromatic heterocycles. The molecule has 0 spiro atoms. The van der Waals surface area contributed by atoms with Gasteiger partial charge in [-0.1, -0.05) is 26.2 Å². The summed E-state index contributed by atoms with van der Waals surface area (Å²) in [6.45, 7) is 15.2. The van der Waals surface area contributed by atoms with Gasteiger partial charge in [0.25, 0.3) is 0 Å². The topological polar surface area (TPSA) is 58.1 Å². The molecule has 0 atom stereocenters. The van der Waals surface area contributed by atoms with E-state index in [0.717, 1.165) is 84.0 Å². The van der Waals surface area contributed by atoms with Crippen LogP contribution >= 0.6 is 24.0 Å². The van der Waals surface area contributed by atoms with Crippen LogP contribution in [0.15, 0.2) is 4.99 Å². The standard InChI is InChI=1S/C23H46N4O2.HI/c1-5-17-29-23(12-8-7-9-13-23)19-25-22(24-6-2)26-21-10-14-27(15-11-21)16-18-28-20(3)4;/h20-21H,5-19H2,1-4H3,(H2,24,25,26);1H. The lowest BCUT2D eigenvalue weighted by Crippen LogP contribution is -2.50. The Morgan fingerprint density at radius 2 is 1.80 bits per heavy atom. The molecule has 2 aliphatic rings. The highest BCUT2D eigenvalue weighted by Gasteiger charge is 2.33. The van der Waals surface area contributed by atoms with Crippen molar-refractivity contribution >= 4 is 29.9 Å². The van der Waals surface area contributed by atoms with E-state index in [-0.39, 0.29) is 29.6 Å². The third-order valence-corrected chi connectivity index (χ3v) is 6.03. The van der Waals surface area contributed by atoms with Crippen molar-refractivity contribution in [1.29, 1.82) is 0 Å². The number of hydrogen-bond donors (Lipinski definition) is 2. The van der Waals surface area contributed by atoms with Crippen LogP contribution in [0, 0.1) is 0 Å². The summed E-state index contributed by atoms with van der Waals surface area (Å²) in [7, 11) is 0. The number of aliphatic imine (C=N–C) groups is 1. The molecule has 7 heteroatoms. The van der Waals surface area contributed by atoms with Crippen LogP contribution in [0.3, 0.4) is 0 Å². The second kappa shape index (κ2) is 15.6. The van der Waals surface area contributed by atoms with Crippen LogP contribution in [0.2, 0.25) is 0 Å². The maximum atomic E-state index is 6.33. The minimum atomic E-state index is -0.0452. The van der Waals surface area contributed by atoms with E-state index in [2.05, 4.69) is 43.2 Å². The summed E-state index contributed by atoms with van der Waals surface area (Å²) in [5.74, 6) is 0.958. The number of nitrogens with zero attached hydrogens (tertiary/aromatic N) is 2. The van der Waals surface area contributed by atoms with Gasteiger partial charge in [0.2, 0.25) is 0 Å². The van der Waals surface area contributed by atoms with E-state index in [1.807, 2.05) is 0 Å². The van der Waals surface area contributed by atoms with Crippen molar-refractivity contribution in [2.75, 3.05) is 45.9 Å². The first-order valence-corrected chi connectivity index (χ1v) is 12.1. The number of likely N-dealkylation sites (tertiary alicyclic amines) is 1. The van der Waals surface area contributed by atoms with Gasteiger partial charge >= 0.3 is 0 Å². The van der Waals surface area contributed by atoms with E-state index >= 15 is 0 Å². The molecule has 1 aliphatic carbocycles. The van der Waals surface area contributed by atoms with Gasteiger partial charge in [0.1, 0.15) is 0 Å². The molecule has 6 nitrogen and oxygen atoms in total. The third kappa shape index (κ3) is 10.5. The normalized spacial score (nSPS) is 20.8. The van der Waals surface area contributed by atoms with E-state index in [0.29, 0.717) is 12.1 Å². The average Bonchev–Trinajstić information content (AvgIpc) is 2.72. The molecule has 0 radical (unpaired) electrons. The molecule has 0 aromatic rings. The van der Waals surface area contributed by atoms with Gasteiger partial charge in [-0.2, -0.15) is 0 Å². The quantitative estimate of drug-likeness (QED) is 0.235. The molecule has 0 unspecified atom stereocenters. The molecule has 1 saturated carbocycles. The van der Waals surface area contributed by atoms with Crippen molar-refractivity contribution in [1.82, 2.24) is 15.5 Å². The summed E-state index contributed by atoms with van der Waals surface area (Å²) in [6, 6.07) is 0.494. The van der Waals surface area contributed by atoms with E-state index in [1.165, 1.54) is 19.3 Å². The number of halogens is 1. The maximum Gasteiger partial charge on any atom is 0.191 e. The Morgan fingerprint density at radius 1 is 1.10 bits per heavy atom. The number of guanidine groups is 1. The predicted octanol–water partition coefficient (Wildman–Crippen LogP) is 4.18. The fraction of sp³-hybridized carbons (Fsp3) is 0.957. The minimum Gasteiger partial charge on any atom is -0.377 e. The lowest BCUT2D eigenvalue weighted by molar-refractivity contribution is -0.0624. The Labute approximate surface area is 202 Å². The fourth-order valence-electron chi connectivity index (χ4n) is 4.32. The van der Waals surface area contributed by atoms with Gasteiger partial charge < -0.3 is 25.0 Å². The number of nitrogens with one attached hydrogen (secondary N) is 2. The smallest absolute Gasteiger partial charge is 0.191 e. The van der Waals surface area contributed by atoms with Gasteiger partial charge in [-0.15, -0.1) is 24.0 Å². The van der Waals surface area contributed by atoms with Crippen molar-refractivity contribution < 1.29 is 9.47 Å². The molecule has 0 amide bonds. The summed E-state index contributed by atoms with van der Waals surface area (Å²) in [5, 5.41) is 7.14. The highest BCUT2D eigenvalue weighted by Crippen LogP contribution is 2.32. The zero-order valence-corrected chi connectivity index (χ0v) is 22.2. The molecule has 2 N–H and O–H groups in total. The van der Waals surface area contributed by atoms with Crippen LogP contribution in [0.25, 0.3) is 0 Å². The molecular formula is C23H47IN4O2. The predicted molar refractivity (Wildman–Crippen MR) is 137 cm³/mol. The average molecular weight is 539 g/mol. The van der Waals surface area contributed by atoms with Gasteiger partial charge in [0.15, 0.2) is 5.96 Å². The van der Waals surface area contributed by atoms with Crippen LogP contribution in [0.4, 0.5) is 0 Å². The monoisotopic (exact) mass is 538 g/mol. The van der Waals surface area contributed by atoms with Gasteiger partial charge in [-0.3, -0.25) is 4.99 Å². The maximum absolute atomic E-state index is 6.33. The summed E-state index contributed by atoms with van der Waals surface area (Å²) < 4.78 is 12.0.